The zero-order valence-electron chi connectivity index (χ0n) is 20.0. The normalized spacial score (nSPS) is 21.2. The van der Waals surface area contributed by atoms with Crippen molar-refractivity contribution in [1.82, 2.24) is 10.6 Å². The molecule has 0 spiro atoms. The second kappa shape index (κ2) is 9.29. The Hall–Kier alpha value is -3.47. The summed E-state index contributed by atoms with van der Waals surface area (Å²) in [5.74, 6) is 0. The molecule has 0 amide bonds. The van der Waals surface area contributed by atoms with Crippen LogP contribution in [0.1, 0.15) is 30.5 Å². The van der Waals surface area contributed by atoms with Gasteiger partial charge in [-0.25, -0.2) is 0 Å². The zero-order chi connectivity index (χ0) is 23.8. The quantitative estimate of drug-likeness (QED) is 0.356. The number of nitrogens with one attached hydrogen (secondary N) is 3. The van der Waals surface area contributed by atoms with E-state index in [1.807, 2.05) is 0 Å². The molecule has 1 unspecified atom stereocenters. The monoisotopic (exact) mass is 476 g/mol. The predicted octanol–water partition coefficient (Wildman–Crippen LogP) is 5.16. The van der Waals surface area contributed by atoms with E-state index in [1.165, 1.54) is 49.5 Å². The summed E-state index contributed by atoms with van der Waals surface area (Å²) >= 11 is 5.76. The van der Waals surface area contributed by atoms with Crippen LogP contribution >= 0.6 is 12.2 Å². The topological polar surface area (TPSA) is 28.5 Å². The molecular formula is C31H30N3S+. The minimum absolute atomic E-state index is 0.0629. The molecule has 0 aliphatic carbocycles. The minimum Gasteiger partial charge on any atom is -0.352 e. The van der Waals surface area contributed by atoms with Crippen LogP contribution in [0.3, 0.4) is 0 Å². The van der Waals surface area contributed by atoms with E-state index in [4.69, 9.17) is 12.2 Å². The Bertz CT molecular complexity index is 1490. The van der Waals surface area contributed by atoms with E-state index >= 15 is 0 Å². The molecule has 4 aromatic rings. The first-order valence-corrected chi connectivity index (χ1v) is 12.9. The van der Waals surface area contributed by atoms with Crippen LogP contribution < -0.4 is 15.5 Å². The summed E-state index contributed by atoms with van der Waals surface area (Å²) in [6, 6.07) is 30.5. The summed E-state index contributed by atoms with van der Waals surface area (Å²) in [6.45, 7) is 5.43. The van der Waals surface area contributed by atoms with Crippen LogP contribution in [-0.4, -0.2) is 24.7 Å². The lowest BCUT2D eigenvalue weighted by atomic mass is 9.86. The molecule has 35 heavy (non-hydrogen) atoms. The number of fused-ring (bicyclic) bond motifs is 2. The molecule has 0 saturated heterocycles. The highest BCUT2D eigenvalue weighted by Gasteiger charge is 2.35. The van der Waals surface area contributed by atoms with Crippen LogP contribution in [0, 0.1) is 0 Å². The third kappa shape index (κ3) is 4.13. The highest BCUT2D eigenvalue weighted by Crippen LogP contribution is 2.34. The van der Waals surface area contributed by atoms with Gasteiger partial charge in [-0.2, -0.15) is 0 Å². The van der Waals surface area contributed by atoms with Crippen molar-refractivity contribution in [3.05, 3.63) is 113 Å². The molecule has 6 rings (SSSR count). The number of benzene rings is 4. The van der Waals surface area contributed by atoms with Crippen molar-refractivity contribution in [3.8, 4) is 0 Å². The molecule has 2 atom stereocenters. The van der Waals surface area contributed by atoms with E-state index in [-0.39, 0.29) is 6.04 Å². The first kappa shape index (κ1) is 22.0. The maximum atomic E-state index is 5.76. The lowest BCUT2D eigenvalue weighted by Gasteiger charge is -2.38. The predicted molar refractivity (Wildman–Crippen MR) is 150 cm³/mol. The standard InChI is InChI=1S/C31H29N3S/c1-2-17-34-19-24(18-23-13-7-11-21-9-3-5-14-25(21)23)29-28(20-34)30(33-31(35)32-29)27-16-8-12-22-10-4-6-15-26(22)27/h3-16,18,30H,2,17,19-20H2,1H3,(H2,32,33,35)/p+1/b24-18+/t30-/m0/s1. The highest BCUT2D eigenvalue weighted by molar-refractivity contribution is 7.80. The Morgan fingerprint density at radius 1 is 0.857 bits per heavy atom. The Kier molecular flexibility index (Phi) is 5.85. The maximum Gasteiger partial charge on any atom is 0.171 e. The van der Waals surface area contributed by atoms with Gasteiger partial charge in [0.05, 0.1) is 18.3 Å². The number of hydrogen-bond donors (Lipinski definition) is 3. The Morgan fingerprint density at radius 3 is 2.34 bits per heavy atom. The molecule has 0 bridgehead atoms. The summed E-state index contributed by atoms with van der Waals surface area (Å²) in [5.41, 5.74) is 6.49. The van der Waals surface area contributed by atoms with Crippen LogP contribution in [0.5, 0.6) is 0 Å². The molecule has 2 aliphatic rings. The molecule has 3 N–H and O–H groups in total. The largest absolute Gasteiger partial charge is 0.352 e. The Morgan fingerprint density at radius 2 is 1.54 bits per heavy atom. The first-order chi connectivity index (χ1) is 17.2. The van der Waals surface area contributed by atoms with Crippen LogP contribution in [0.4, 0.5) is 0 Å². The fraction of sp³-hybridized carbons (Fsp3) is 0.194. The Labute approximate surface area is 212 Å². The van der Waals surface area contributed by atoms with E-state index in [2.05, 4.69) is 109 Å². The SMILES string of the molecule is CCC[NH+]1CC2=C(NC(=S)N[C@H]2c2cccc3ccccc23)/C(=C/c2cccc3ccccc23)C1. The lowest BCUT2D eigenvalue weighted by Crippen LogP contribution is -3.13. The van der Waals surface area contributed by atoms with Crippen molar-refractivity contribution in [1.29, 1.82) is 0 Å². The molecule has 0 radical (unpaired) electrons. The van der Waals surface area contributed by atoms with Crippen molar-refractivity contribution in [2.75, 3.05) is 19.6 Å². The van der Waals surface area contributed by atoms with E-state index in [9.17, 15) is 0 Å². The van der Waals surface area contributed by atoms with Gasteiger partial charge in [0, 0.05) is 11.1 Å². The van der Waals surface area contributed by atoms with Gasteiger partial charge in [0.25, 0.3) is 0 Å². The van der Waals surface area contributed by atoms with E-state index in [1.54, 1.807) is 4.90 Å². The lowest BCUT2D eigenvalue weighted by molar-refractivity contribution is -0.892. The molecule has 0 saturated carbocycles. The van der Waals surface area contributed by atoms with Gasteiger partial charge < -0.3 is 15.5 Å². The number of thiocarbonyl (C=S) groups is 1. The van der Waals surface area contributed by atoms with Gasteiger partial charge >= 0.3 is 0 Å². The second-order valence-corrected chi connectivity index (χ2v) is 10.00. The zero-order valence-corrected chi connectivity index (χ0v) is 20.8. The van der Waals surface area contributed by atoms with Gasteiger partial charge in [0.1, 0.15) is 13.1 Å². The molecule has 4 aromatic carbocycles. The van der Waals surface area contributed by atoms with Crippen molar-refractivity contribution in [2.24, 2.45) is 0 Å². The Balaban J connectivity index is 1.53. The van der Waals surface area contributed by atoms with Gasteiger partial charge in [-0.05, 0) is 57.4 Å². The highest BCUT2D eigenvalue weighted by atomic mass is 32.1. The van der Waals surface area contributed by atoms with E-state index in [0.29, 0.717) is 5.11 Å². The summed E-state index contributed by atoms with van der Waals surface area (Å²) < 4.78 is 0. The third-order valence-electron chi connectivity index (χ3n) is 7.28. The van der Waals surface area contributed by atoms with Crippen molar-refractivity contribution >= 4 is 45.0 Å². The molecule has 2 aliphatic heterocycles. The fourth-order valence-corrected chi connectivity index (χ4v) is 5.96. The fourth-order valence-electron chi connectivity index (χ4n) is 5.74. The van der Waals surface area contributed by atoms with Crippen LogP contribution in [0.2, 0.25) is 0 Å². The van der Waals surface area contributed by atoms with Gasteiger partial charge in [0.2, 0.25) is 0 Å². The average Bonchev–Trinajstić information content (AvgIpc) is 2.89. The van der Waals surface area contributed by atoms with E-state index < -0.39 is 0 Å². The van der Waals surface area contributed by atoms with Crippen molar-refractivity contribution < 1.29 is 4.90 Å². The molecule has 4 heteroatoms. The molecule has 0 aromatic heterocycles. The molecule has 2 heterocycles. The average molecular weight is 477 g/mol. The van der Waals surface area contributed by atoms with E-state index in [0.717, 1.165) is 26.1 Å². The van der Waals surface area contributed by atoms with Crippen LogP contribution in [0.15, 0.2) is 102 Å². The number of quaternary nitrogens is 1. The molecule has 174 valence electrons. The van der Waals surface area contributed by atoms with Crippen molar-refractivity contribution in [3.63, 3.8) is 0 Å². The third-order valence-corrected chi connectivity index (χ3v) is 7.50. The minimum atomic E-state index is 0.0629. The number of rotatable bonds is 4. The molecule has 3 nitrogen and oxygen atoms in total. The maximum absolute atomic E-state index is 5.76. The summed E-state index contributed by atoms with van der Waals surface area (Å²) in [7, 11) is 0. The molecule has 0 fully saturated rings. The van der Waals surface area contributed by atoms with Gasteiger partial charge in [0.15, 0.2) is 5.11 Å². The smallest absolute Gasteiger partial charge is 0.171 e. The van der Waals surface area contributed by atoms with Crippen LogP contribution in [0.25, 0.3) is 27.6 Å². The number of hydrogen-bond acceptors (Lipinski definition) is 1. The first-order valence-electron chi connectivity index (χ1n) is 12.5. The van der Waals surface area contributed by atoms with Gasteiger partial charge in [-0.3, -0.25) is 0 Å². The second-order valence-electron chi connectivity index (χ2n) is 9.59. The summed E-state index contributed by atoms with van der Waals surface area (Å²) in [5, 5.41) is 13.0. The van der Waals surface area contributed by atoms with Gasteiger partial charge in [-0.1, -0.05) is 91.9 Å². The summed E-state index contributed by atoms with van der Waals surface area (Å²) in [4.78, 5) is 1.60. The van der Waals surface area contributed by atoms with Crippen molar-refractivity contribution in [2.45, 2.75) is 19.4 Å². The van der Waals surface area contributed by atoms with Gasteiger partial charge in [-0.15, -0.1) is 0 Å². The summed E-state index contributed by atoms with van der Waals surface area (Å²) in [6.07, 6.45) is 3.55. The molecular weight excluding hydrogens is 446 g/mol. The van der Waals surface area contributed by atoms with Crippen LogP contribution in [-0.2, 0) is 0 Å².